The summed E-state index contributed by atoms with van der Waals surface area (Å²) < 4.78 is 0. The second kappa shape index (κ2) is 21.9. The molecule has 1 aromatic carbocycles. The molecule has 7 amide bonds. The molecular formula is C31H49N13O12. The number of aliphatic hydroxyl groups excluding tert-OH is 1. The van der Waals surface area contributed by atoms with Crippen molar-refractivity contribution in [3.8, 4) is 0 Å². The molecule has 15 N–H and O–H groups in total. The summed E-state index contributed by atoms with van der Waals surface area (Å²) in [6, 6.07) is -5.94. The summed E-state index contributed by atoms with van der Waals surface area (Å²) in [4.78, 5) is 114. The number of nitrogens with two attached hydrogens (primary N) is 4. The second-order valence-corrected chi connectivity index (χ2v) is 12.9. The predicted molar refractivity (Wildman–Crippen MR) is 198 cm³/mol. The van der Waals surface area contributed by atoms with E-state index in [0.29, 0.717) is 6.07 Å². The van der Waals surface area contributed by atoms with Crippen LogP contribution in [0.5, 0.6) is 0 Å². The Morgan fingerprint density at radius 2 is 1.27 bits per heavy atom. The van der Waals surface area contributed by atoms with Gasteiger partial charge in [0.05, 0.1) is 28.4 Å². The molecule has 1 aromatic rings. The summed E-state index contributed by atoms with van der Waals surface area (Å²) in [6.07, 6.45) is -2.36. The standard InChI is InChI=1S/C31H49N13O12/c1-13(2)23(25(33)47)41-26(48)15(4)38-30(52)24(16(5)45)42-27(49)14(3)37-29(51)20(12-22(32)46)40-28(50)19(7-6-10-36-31(34)35)39-18-9-8-17(43(53)54)11-21(18)44(55)56/h8-9,11,13-16,19-20,23-24,39,45H,6-7,10,12H2,1-5H3,(H2,32,46)(H2,33,47)(H,37,51)(H,38,52)(H,40,50)(H,41,48)(H,42,49)(H4,34,35,36)/t14-,15-,16+,19-,20-,23-,24-/m0/s1. The third kappa shape index (κ3) is 15.4. The van der Waals surface area contributed by atoms with E-state index in [9.17, 15) is 58.9 Å². The molecule has 310 valence electrons. The number of hydrogen-bond acceptors (Lipinski definition) is 14. The number of nitrogens with zero attached hydrogens (tertiary/aromatic N) is 3. The lowest BCUT2D eigenvalue weighted by molar-refractivity contribution is -0.393. The third-order valence-corrected chi connectivity index (χ3v) is 7.86. The van der Waals surface area contributed by atoms with Gasteiger partial charge >= 0.3 is 0 Å². The van der Waals surface area contributed by atoms with Gasteiger partial charge in [0.25, 0.3) is 11.4 Å². The Balaban J connectivity index is 3.19. The van der Waals surface area contributed by atoms with Crippen LogP contribution in [0.1, 0.15) is 53.9 Å². The Morgan fingerprint density at radius 1 is 0.732 bits per heavy atom. The first-order valence-corrected chi connectivity index (χ1v) is 17.0. The lowest BCUT2D eigenvalue weighted by Gasteiger charge is -2.27. The molecule has 0 unspecified atom stereocenters. The van der Waals surface area contributed by atoms with E-state index in [1.54, 1.807) is 13.8 Å². The molecule has 25 heteroatoms. The van der Waals surface area contributed by atoms with Gasteiger partial charge < -0.3 is 59.9 Å². The number of amides is 7. The van der Waals surface area contributed by atoms with Gasteiger partial charge in [-0.2, -0.15) is 0 Å². The molecule has 7 atom stereocenters. The Hall–Kier alpha value is -6.66. The summed E-state index contributed by atoms with van der Waals surface area (Å²) in [7, 11) is 0. The molecule has 0 saturated carbocycles. The zero-order valence-electron chi connectivity index (χ0n) is 31.3. The molecule has 0 spiro atoms. The molecule has 25 nitrogen and oxygen atoms in total. The zero-order valence-corrected chi connectivity index (χ0v) is 31.3. The summed E-state index contributed by atoms with van der Waals surface area (Å²) in [5.74, 6) is -7.45. The minimum atomic E-state index is -1.73. The van der Waals surface area contributed by atoms with Crippen LogP contribution in [0.3, 0.4) is 0 Å². The van der Waals surface area contributed by atoms with Gasteiger partial charge in [-0.3, -0.25) is 58.8 Å². The molecule has 56 heavy (non-hydrogen) atoms. The molecule has 0 aromatic heterocycles. The maximum Gasteiger partial charge on any atom is 0.299 e. The van der Waals surface area contributed by atoms with Crippen molar-refractivity contribution in [3.05, 3.63) is 38.4 Å². The molecule has 0 saturated heterocycles. The van der Waals surface area contributed by atoms with E-state index in [-0.39, 0.29) is 37.0 Å². The first-order chi connectivity index (χ1) is 26.0. The summed E-state index contributed by atoms with van der Waals surface area (Å²) in [5, 5.41) is 47.3. The first kappa shape index (κ1) is 47.4. The molecule has 0 fully saturated rings. The van der Waals surface area contributed by atoms with Crippen molar-refractivity contribution in [2.24, 2.45) is 33.8 Å². The van der Waals surface area contributed by atoms with Crippen molar-refractivity contribution in [2.45, 2.75) is 96.2 Å². The van der Waals surface area contributed by atoms with Gasteiger partial charge in [0, 0.05) is 12.6 Å². The van der Waals surface area contributed by atoms with Crippen molar-refractivity contribution in [2.75, 3.05) is 11.9 Å². The number of benzene rings is 1. The molecule has 0 aliphatic rings. The lowest BCUT2D eigenvalue weighted by Crippen LogP contribution is -2.61. The maximum absolute atomic E-state index is 13.5. The number of hydrogen-bond donors (Lipinski definition) is 11. The fourth-order valence-electron chi connectivity index (χ4n) is 4.83. The van der Waals surface area contributed by atoms with Crippen molar-refractivity contribution in [1.82, 2.24) is 26.6 Å². The summed E-state index contributed by atoms with van der Waals surface area (Å²) in [5.41, 5.74) is 19.6. The summed E-state index contributed by atoms with van der Waals surface area (Å²) >= 11 is 0. The monoisotopic (exact) mass is 795 g/mol. The average molecular weight is 796 g/mol. The van der Waals surface area contributed by atoms with E-state index in [1.807, 2.05) is 0 Å². The van der Waals surface area contributed by atoms with Crippen molar-refractivity contribution in [3.63, 3.8) is 0 Å². The first-order valence-electron chi connectivity index (χ1n) is 17.0. The van der Waals surface area contributed by atoms with Crippen molar-refractivity contribution < 1.29 is 48.5 Å². The van der Waals surface area contributed by atoms with Crippen LogP contribution in [0, 0.1) is 26.1 Å². The van der Waals surface area contributed by atoms with Gasteiger partial charge in [0.2, 0.25) is 41.4 Å². The molecular weight excluding hydrogens is 746 g/mol. The number of non-ortho nitro benzene ring substituents is 1. The van der Waals surface area contributed by atoms with E-state index in [4.69, 9.17) is 22.9 Å². The van der Waals surface area contributed by atoms with Gasteiger partial charge in [-0.15, -0.1) is 0 Å². The van der Waals surface area contributed by atoms with Crippen LogP contribution in [-0.2, 0) is 33.6 Å². The molecule has 0 heterocycles. The maximum atomic E-state index is 13.5. The number of nitrogens with one attached hydrogen (secondary N) is 6. The zero-order chi connectivity index (χ0) is 43.0. The largest absolute Gasteiger partial charge is 0.391 e. The number of carbonyl (C=O) groups is 7. The lowest BCUT2D eigenvalue weighted by atomic mass is 10.0. The van der Waals surface area contributed by atoms with Gasteiger partial charge in [-0.05, 0) is 45.6 Å². The van der Waals surface area contributed by atoms with Crippen LogP contribution >= 0.6 is 0 Å². The third-order valence-electron chi connectivity index (χ3n) is 7.86. The second-order valence-electron chi connectivity index (χ2n) is 12.9. The van der Waals surface area contributed by atoms with E-state index in [2.05, 4.69) is 36.9 Å². The number of rotatable bonds is 23. The van der Waals surface area contributed by atoms with E-state index < -0.39 is 111 Å². The summed E-state index contributed by atoms with van der Waals surface area (Å²) in [6.45, 7) is 6.87. The molecule has 0 aliphatic heterocycles. The Labute approximate surface area is 319 Å². The van der Waals surface area contributed by atoms with E-state index in [0.717, 1.165) is 19.1 Å². The van der Waals surface area contributed by atoms with Crippen LogP contribution in [0.2, 0.25) is 0 Å². The van der Waals surface area contributed by atoms with Crippen LogP contribution in [0.15, 0.2) is 23.2 Å². The van der Waals surface area contributed by atoms with Crippen LogP contribution in [0.25, 0.3) is 0 Å². The van der Waals surface area contributed by atoms with Gasteiger partial charge in [-0.1, -0.05) is 13.8 Å². The molecule has 0 aliphatic carbocycles. The Bertz CT molecular complexity index is 1680. The van der Waals surface area contributed by atoms with E-state index >= 15 is 0 Å². The number of guanidine groups is 1. The predicted octanol–water partition coefficient (Wildman–Crippen LogP) is -3.80. The normalized spacial score (nSPS) is 14.6. The number of carbonyl (C=O) groups excluding carboxylic acids is 7. The topological polar surface area (TPSA) is 415 Å². The highest BCUT2D eigenvalue weighted by Gasteiger charge is 2.34. The van der Waals surface area contributed by atoms with E-state index in [1.165, 1.54) is 13.8 Å². The molecule has 0 radical (unpaired) electrons. The fourth-order valence-corrected chi connectivity index (χ4v) is 4.83. The van der Waals surface area contributed by atoms with Crippen LogP contribution in [-0.4, -0.2) is 111 Å². The van der Waals surface area contributed by atoms with Crippen LogP contribution in [0.4, 0.5) is 17.1 Å². The molecule has 1 rings (SSSR count). The highest BCUT2D eigenvalue weighted by molar-refractivity contribution is 5.98. The molecule has 0 bridgehead atoms. The number of primary amides is 2. The smallest absolute Gasteiger partial charge is 0.299 e. The van der Waals surface area contributed by atoms with Crippen molar-refractivity contribution >= 4 is 64.4 Å². The van der Waals surface area contributed by atoms with Crippen molar-refractivity contribution in [1.29, 1.82) is 0 Å². The number of nitro groups is 2. The van der Waals surface area contributed by atoms with Gasteiger partial charge in [-0.25, -0.2) is 0 Å². The highest BCUT2D eigenvalue weighted by Crippen LogP contribution is 2.30. The number of aliphatic hydroxyl groups is 1. The number of aliphatic imine (C=N–C) groups is 1. The number of nitro benzene ring substituents is 2. The van der Waals surface area contributed by atoms with Crippen LogP contribution < -0.4 is 54.8 Å². The minimum absolute atomic E-state index is 0.000544. The fraction of sp³-hybridized carbons (Fsp3) is 0.548. The average Bonchev–Trinajstić information content (AvgIpc) is 3.08. The highest BCUT2D eigenvalue weighted by atomic mass is 16.6. The SMILES string of the molecule is CC(C)[C@H](NC(=O)[C@H](C)NC(=O)[C@@H](NC(=O)[C@H](C)NC(=O)[C@H](CC(N)=O)NC(=O)[C@H](CCCN=C(N)N)Nc1ccc([N+](=O)[O-])cc1[N+](=O)[O-])[C@@H](C)O)C(N)=O. The Kier molecular flexibility index (Phi) is 18.5. The quantitative estimate of drug-likeness (QED) is 0.0166. The van der Waals surface area contributed by atoms with Gasteiger partial charge in [0.15, 0.2) is 5.96 Å². The van der Waals surface area contributed by atoms with Gasteiger partial charge in [0.1, 0.15) is 41.9 Å². The Morgan fingerprint density at radius 3 is 1.73 bits per heavy atom. The minimum Gasteiger partial charge on any atom is -0.391 e. The number of anilines is 1.